The van der Waals surface area contributed by atoms with Crippen LogP contribution in [0.3, 0.4) is 0 Å². The van der Waals surface area contributed by atoms with Crippen LogP contribution in [0.5, 0.6) is 0 Å². The number of aromatic nitrogens is 2. The van der Waals surface area contributed by atoms with Gasteiger partial charge < -0.3 is 0 Å². The molecule has 0 spiro atoms. The van der Waals surface area contributed by atoms with Crippen LogP contribution in [0, 0.1) is 17.1 Å². The molecule has 0 amide bonds. The maximum absolute atomic E-state index is 13.8. The fourth-order valence-corrected chi connectivity index (χ4v) is 4.77. The number of hydrogen-bond donors (Lipinski definition) is 0. The minimum atomic E-state index is -0.364. The Balaban J connectivity index is 1.57. The van der Waals surface area contributed by atoms with Crippen molar-refractivity contribution in [3.8, 4) is 23.0 Å². The minimum Gasteiger partial charge on any atom is -0.240 e. The zero-order valence-electron chi connectivity index (χ0n) is 19.0. The summed E-state index contributed by atoms with van der Waals surface area (Å²) in [5, 5.41) is 14.7. The van der Waals surface area contributed by atoms with Crippen molar-refractivity contribution in [3.63, 3.8) is 0 Å². The number of halogens is 1. The van der Waals surface area contributed by atoms with Crippen LogP contribution in [0.2, 0.25) is 0 Å². The summed E-state index contributed by atoms with van der Waals surface area (Å²) >= 11 is 0. The van der Waals surface area contributed by atoms with E-state index in [0.29, 0.717) is 17.1 Å². The first kappa shape index (κ1) is 21.9. The SMILES string of the molecule is N#C/C(=C\c1cn(-c2ccccc2)nc1-c1ccc(C2CCCCC2)cc1)c1cccc(F)c1. The Morgan fingerprint density at radius 3 is 2.41 bits per heavy atom. The van der Waals surface area contributed by atoms with Crippen LogP contribution in [0.4, 0.5) is 4.39 Å². The summed E-state index contributed by atoms with van der Waals surface area (Å²) in [6.07, 6.45) is 10.2. The first-order valence-corrected chi connectivity index (χ1v) is 11.8. The highest BCUT2D eigenvalue weighted by atomic mass is 19.1. The minimum absolute atomic E-state index is 0.364. The Bertz CT molecular complexity index is 1340. The highest BCUT2D eigenvalue weighted by Gasteiger charge is 2.17. The lowest BCUT2D eigenvalue weighted by Gasteiger charge is -2.22. The molecule has 1 aromatic heterocycles. The molecule has 5 rings (SSSR count). The third kappa shape index (κ3) is 4.70. The molecule has 0 N–H and O–H groups in total. The fourth-order valence-electron chi connectivity index (χ4n) is 4.77. The summed E-state index contributed by atoms with van der Waals surface area (Å²) in [6, 6.07) is 27.0. The Kier molecular flexibility index (Phi) is 6.35. The van der Waals surface area contributed by atoms with Gasteiger partial charge in [-0.2, -0.15) is 10.4 Å². The van der Waals surface area contributed by atoms with Gasteiger partial charge in [-0.15, -0.1) is 0 Å². The summed E-state index contributed by atoms with van der Waals surface area (Å²) < 4.78 is 15.6. The van der Waals surface area contributed by atoms with E-state index in [1.807, 2.05) is 41.2 Å². The molecule has 0 saturated heterocycles. The second-order valence-electron chi connectivity index (χ2n) is 8.85. The highest BCUT2D eigenvalue weighted by molar-refractivity contribution is 5.92. The van der Waals surface area contributed by atoms with Gasteiger partial charge in [0.25, 0.3) is 0 Å². The average Bonchev–Trinajstić information content (AvgIpc) is 3.32. The molecule has 0 bridgehead atoms. The molecule has 4 heteroatoms. The molecule has 1 fully saturated rings. The Morgan fingerprint density at radius 2 is 1.71 bits per heavy atom. The largest absolute Gasteiger partial charge is 0.240 e. The predicted octanol–water partition coefficient (Wildman–Crippen LogP) is 7.79. The van der Waals surface area contributed by atoms with Crippen LogP contribution in [-0.2, 0) is 0 Å². The van der Waals surface area contributed by atoms with E-state index >= 15 is 0 Å². The van der Waals surface area contributed by atoms with Crippen LogP contribution in [0.15, 0.2) is 85.1 Å². The summed E-state index contributed by atoms with van der Waals surface area (Å²) in [5.74, 6) is 0.277. The van der Waals surface area contributed by atoms with E-state index in [4.69, 9.17) is 5.10 Å². The van der Waals surface area contributed by atoms with Crippen molar-refractivity contribution in [1.82, 2.24) is 9.78 Å². The molecular weight excluding hydrogens is 421 g/mol. The summed E-state index contributed by atoms with van der Waals surface area (Å²) in [7, 11) is 0. The van der Waals surface area contributed by atoms with Crippen molar-refractivity contribution >= 4 is 11.6 Å². The van der Waals surface area contributed by atoms with Crippen molar-refractivity contribution in [3.05, 3.63) is 108 Å². The standard InChI is InChI=1S/C30H26FN3/c31-28-11-7-10-25(19-28)26(20-32)18-27-21-34(29-12-5-2-6-13-29)33-30(27)24-16-14-23(15-17-24)22-8-3-1-4-9-22/h2,5-7,10-19,21-22H,1,3-4,8-9H2/b26-18+. The summed E-state index contributed by atoms with van der Waals surface area (Å²) in [4.78, 5) is 0. The van der Waals surface area contributed by atoms with Crippen molar-refractivity contribution in [2.75, 3.05) is 0 Å². The number of nitriles is 1. The van der Waals surface area contributed by atoms with Gasteiger partial charge >= 0.3 is 0 Å². The zero-order chi connectivity index (χ0) is 23.3. The maximum Gasteiger partial charge on any atom is 0.123 e. The molecular formula is C30H26FN3. The predicted molar refractivity (Wildman–Crippen MR) is 135 cm³/mol. The number of rotatable bonds is 5. The van der Waals surface area contributed by atoms with Crippen LogP contribution in [0.25, 0.3) is 28.6 Å². The molecule has 34 heavy (non-hydrogen) atoms. The molecule has 0 aliphatic heterocycles. The smallest absolute Gasteiger partial charge is 0.123 e. The Hall–Kier alpha value is -3.97. The van der Waals surface area contributed by atoms with E-state index in [1.54, 1.807) is 18.2 Å². The zero-order valence-corrected chi connectivity index (χ0v) is 19.0. The van der Waals surface area contributed by atoms with E-state index in [1.165, 1.54) is 49.8 Å². The Morgan fingerprint density at radius 1 is 0.941 bits per heavy atom. The Labute approximate surface area is 199 Å². The van der Waals surface area contributed by atoms with Crippen LogP contribution < -0.4 is 0 Å². The first-order valence-electron chi connectivity index (χ1n) is 11.8. The van der Waals surface area contributed by atoms with Gasteiger partial charge in [0.2, 0.25) is 0 Å². The van der Waals surface area contributed by atoms with Gasteiger partial charge in [-0.1, -0.05) is 73.9 Å². The molecule has 1 aliphatic carbocycles. The summed E-state index contributed by atoms with van der Waals surface area (Å²) in [5.41, 5.74) is 5.88. The molecule has 3 aromatic carbocycles. The lowest BCUT2D eigenvalue weighted by Crippen LogP contribution is -2.04. The van der Waals surface area contributed by atoms with E-state index in [9.17, 15) is 9.65 Å². The van der Waals surface area contributed by atoms with Gasteiger partial charge in [0.1, 0.15) is 5.82 Å². The average molecular weight is 448 g/mol. The second-order valence-corrected chi connectivity index (χ2v) is 8.85. The lowest BCUT2D eigenvalue weighted by atomic mass is 9.84. The lowest BCUT2D eigenvalue weighted by molar-refractivity contribution is 0.443. The number of nitrogens with zero attached hydrogens (tertiary/aromatic N) is 3. The van der Waals surface area contributed by atoms with Gasteiger partial charge in [-0.05, 0) is 60.2 Å². The molecule has 1 saturated carbocycles. The van der Waals surface area contributed by atoms with Gasteiger partial charge in [0.05, 0.1) is 23.0 Å². The number of benzene rings is 3. The monoisotopic (exact) mass is 447 g/mol. The first-order chi connectivity index (χ1) is 16.7. The fraction of sp³-hybridized carbons (Fsp3) is 0.200. The molecule has 0 atom stereocenters. The van der Waals surface area contributed by atoms with Gasteiger partial charge in [-0.3, -0.25) is 0 Å². The number of para-hydroxylation sites is 1. The number of hydrogen-bond acceptors (Lipinski definition) is 2. The summed E-state index contributed by atoms with van der Waals surface area (Å²) in [6.45, 7) is 0. The third-order valence-electron chi connectivity index (χ3n) is 6.58. The third-order valence-corrected chi connectivity index (χ3v) is 6.58. The molecule has 168 valence electrons. The van der Waals surface area contributed by atoms with Crippen LogP contribution in [-0.4, -0.2) is 9.78 Å². The van der Waals surface area contributed by atoms with Crippen LogP contribution >= 0.6 is 0 Å². The number of allylic oxidation sites excluding steroid dienone is 1. The normalized spacial score (nSPS) is 14.6. The van der Waals surface area contributed by atoms with Crippen LogP contribution in [0.1, 0.15) is 54.7 Å². The topological polar surface area (TPSA) is 41.6 Å². The van der Waals surface area contributed by atoms with Gasteiger partial charge in [0, 0.05) is 17.3 Å². The van der Waals surface area contributed by atoms with Crippen molar-refractivity contribution in [2.45, 2.75) is 38.0 Å². The molecule has 3 nitrogen and oxygen atoms in total. The molecule has 1 heterocycles. The quantitative estimate of drug-likeness (QED) is 0.293. The second kappa shape index (κ2) is 9.89. The van der Waals surface area contributed by atoms with E-state index in [-0.39, 0.29) is 5.82 Å². The van der Waals surface area contributed by atoms with E-state index in [0.717, 1.165) is 22.5 Å². The van der Waals surface area contributed by atoms with E-state index in [2.05, 4.69) is 30.3 Å². The molecule has 1 aliphatic rings. The van der Waals surface area contributed by atoms with Gasteiger partial charge in [0.15, 0.2) is 0 Å². The molecule has 0 radical (unpaired) electrons. The van der Waals surface area contributed by atoms with Crippen molar-refractivity contribution in [2.24, 2.45) is 0 Å². The molecule has 4 aromatic rings. The van der Waals surface area contributed by atoms with E-state index < -0.39 is 0 Å². The van der Waals surface area contributed by atoms with Crippen molar-refractivity contribution in [1.29, 1.82) is 5.26 Å². The van der Waals surface area contributed by atoms with Crippen molar-refractivity contribution < 1.29 is 4.39 Å². The molecule has 0 unspecified atom stereocenters. The highest BCUT2D eigenvalue weighted by Crippen LogP contribution is 2.34. The maximum atomic E-state index is 13.8. The van der Waals surface area contributed by atoms with Gasteiger partial charge in [-0.25, -0.2) is 9.07 Å².